The molecule has 0 saturated carbocycles. The molecule has 0 spiro atoms. The average Bonchev–Trinajstić information content (AvgIpc) is 2.70. The van der Waals surface area contributed by atoms with Crippen molar-refractivity contribution in [3.8, 4) is 0 Å². The average molecular weight is 304 g/mol. The van der Waals surface area contributed by atoms with Gasteiger partial charge in [0, 0.05) is 12.6 Å². The van der Waals surface area contributed by atoms with Crippen molar-refractivity contribution in [2.24, 2.45) is 5.41 Å². The number of rotatable bonds is 3. The summed E-state index contributed by atoms with van der Waals surface area (Å²) in [4.78, 5) is 0. The molecule has 0 aromatic heterocycles. The monoisotopic (exact) mass is 303 g/mol. The summed E-state index contributed by atoms with van der Waals surface area (Å²) in [6.45, 7) is 5.24. The molecule has 21 heavy (non-hydrogen) atoms. The van der Waals surface area contributed by atoms with E-state index in [1.165, 1.54) is 17.2 Å². The summed E-state index contributed by atoms with van der Waals surface area (Å²) < 4.78 is 13.2. The van der Waals surface area contributed by atoms with E-state index in [0.717, 1.165) is 12.0 Å². The molecule has 0 fully saturated rings. The SMILES string of the molecule is CC1(C)Cc2ccccc2C1NCc1ccc(F)c(Cl)c1. The molecule has 0 radical (unpaired) electrons. The number of nitrogens with one attached hydrogen (secondary N) is 1. The van der Waals surface area contributed by atoms with Gasteiger partial charge in [-0.2, -0.15) is 0 Å². The highest BCUT2D eigenvalue weighted by atomic mass is 35.5. The van der Waals surface area contributed by atoms with Crippen molar-refractivity contribution in [3.05, 3.63) is 70.0 Å². The minimum absolute atomic E-state index is 0.174. The van der Waals surface area contributed by atoms with Crippen LogP contribution in [-0.4, -0.2) is 0 Å². The van der Waals surface area contributed by atoms with Gasteiger partial charge in [0.2, 0.25) is 0 Å². The molecular weight excluding hydrogens is 285 g/mol. The summed E-state index contributed by atoms with van der Waals surface area (Å²) in [6, 6.07) is 13.8. The van der Waals surface area contributed by atoms with Crippen molar-refractivity contribution in [1.82, 2.24) is 5.32 Å². The third-order valence-electron chi connectivity index (χ3n) is 4.29. The highest BCUT2D eigenvalue weighted by Crippen LogP contribution is 2.45. The summed E-state index contributed by atoms with van der Waals surface area (Å²) in [5, 5.41) is 3.79. The number of halogens is 2. The molecule has 3 rings (SSSR count). The van der Waals surface area contributed by atoms with Crippen LogP contribution in [0.15, 0.2) is 42.5 Å². The lowest BCUT2D eigenvalue weighted by atomic mass is 9.85. The summed E-state index contributed by atoms with van der Waals surface area (Å²) >= 11 is 5.84. The van der Waals surface area contributed by atoms with Crippen molar-refractivity contribution in [2.75, 3.05) is 0 Å². The molecule has 0 heterocycles. The molecular formula is C18H19ClFN. The van der Waals surface area contributed by atoms with Crippen LogP contribution in [0.4, 0.5) is 4.39 Å². The topological polar surface area (TPSA) is 12.0 Å². The van der Waals surface area contributed by atoms with Crippen LogP contribution in [-0.2, 0) is 13.0 Å². The van der Waals surface area contributed by atoms with Crippen molar-refractivity contribution < 1.29 is 4.39 Å². The molecule has 2 aromatic rings. The van der Waals surface area contributed by atoms with E-state index in [2.05, 4.69) is 43.4 Å². The van der Waals surface area contributed by atoms with Gasteiger partial charge >= 0.3 is 0 Å². The Morgan fingerprint density at radius 2 is 2.00 bits per heavy atom. The first-order valence-electron chi connectivity index (χ1n) is 7.22. The highest BCUT2D eigenvalue weighted by molar-refractivity contribution is 6.30. The number of fused-ring (bicyclic) bond motifs is 1. The molecule has 1 unspecified atom stereocenters. The molecule has 1 nitrogen and oxygen atoms in total. The summed E-state index contributed by atoms with van der Waals surface area (Å²) in [5.74, 6) is -0.369. The van der Waals surface area contributed by atoms with Crippen LogP contribution in [0.2, 0.25) is 5.02 Å². The summed E-state index contributed by atoms with van der Waals surface area (Å²) in [5.41, 5.74) is 3.96. The van der Waals surface area contributed by atoms with Crippen molar-refractivity contribution in [2.45, 2.75) is 32.9 Å². The Bertz CT molecular complexity index is 666. The molecule has 2 aromatic carbocycles. The van der Waals surface area contributed by atoms with Crippen LogP contribution in [0.3, 0.4) is 0 Å². The Hall–Kier alpha value is -1.38. The fraction of sp³-hybridized carbons (Fsp3) is 0.333. The second-order valence-electron chi connectivity index (χ2n) is 6.43. The third kappa shape index (κ3) is 2.83. The van der Waals surface area contributed by atoms with Gasteiger partial charge in [0.15, 0.2) is 0 Å². The minimum atomic E-state index is -0.369. The predicted octanol–water partition coefficient (Wildman–Crippen LogP) is 4.89. The van der Waals surface area contributed by atoms with E-state index in [-0.39, 0.29) is 16.3 Å². The smallest absolute Gasteiger partial charge is 0.141 e. The van der Waals surface area contributed by atoms with E-state index < -0.39 is 0 Å². The Balaban J connectivity index is 1.79. The first-order valence-corrected chi connectivity index (χ1v) is 7.60. The third-order valence-corrected chi connectivity index (χ3v) is 4.58. The zero-order chi connectivity index (χ0) is 15.0. The van der Waals surface area contributed by atoms with Crippen LogP contribution in [0, 0.1) is 11.2 Å². The first-order chi connectivity index (χ1) is 9.97. The molecule has 1 atom stereocenters. The molecule has 0 amide bonds. The fourth-order valence-corrected chi connectivity index (χ4v) is 3.45. The van der Waals surface area contributed by atoms with Gasteiger partial charge in [-0.1, -0.05) is 55.8 Å². The van der Waals surface area contributed by atoms with Crippen molar-refractivity contribution in [1.29, 1.82) is 0 Å². The van der Waals surface area contributed by atoms with E-state index >= 15 is 0 Å². The lowest BCUT2D eigenvalue weighted by Crippen LogP contribution is -2.30. The summed E-state index contributed by atoms with van der Waals surface area (Å²) in [7, 11) is 0. The van der Waals surface area contributed by atoms with Crippen LogP contribution >= 0.6 is 11.6 Å². The molecule has 1 N–H and O–H groups in total. The Morgan fingerprint density at radius 1 is 1.24 bits per heavy atom. The van der Waals surface area contributed by atoms with Gasteiger partial charge in [-0.3, -0.25) is 0 Å². The van der Waals surface area contributed by atoms with E-state index in [4.69, 9.17) is 11.6 Å². The lowest BCUT2D eigenvalue weighted by molar-refractivity contribution is 0.268. The number of benzene rings is 2. The van der Waals surface area contributed by atoms with Gasteiger partial charge in [-0.05, 0) is 40.7 Å². The zero-order valence-corrected chi connectivity index (χ0v) is 13.0. The van der Waals surface area contributed by atoms with Crippen LogP contribution in [0.5, 0.6) is 0 Å². The fourth-order valence-electron chi connectivity index (χ4n) is 3.25. The molecule has 1 aliphatic carbocycles. The van der Waals surface area contributed by atoms with Crippen LogP contribution < -0.4 is 5.32 Å². The molecule has 110 valence electrons. The normalized spacial score (nSPS) is 19.5. The van der Waals surface area contributed by atoms with Crippen molar-refractivity contribution >= 4 is 11.6 Å². The lowest BCUT2D eigenvalue weighted by Gasteiger charge is -2.29. The number of hydrogen-bond donors (Lipinski definition) is 1. The second-order valence-corrected chi connectivity index (χ2v) is 6.83. The minimum Gasteiger partial charge on any atom is -0.305 e. The van der Waals surface area contributed by atoms with Gasteiger partial charge in [0.05, 0.1) is 5.02 Å². The predicted molar refractivity (Wildman–Crippen MR) is 84.9 cm³/mol. The maximum Gasteiger partial charge on any atom is 0.141 e. The molecule has 0 bridgehead atoms. The van der Waals surface area contributed by atoms with E-state index in [1.54, 1.807) is 12.1 Å². The maximum atomic E-state index is 13.2. The summed E-state index contributed by atoms with van der Waals surface area (Å²) in [6.07, 6.45) is 1.07. The molecule has 0 aliphatic heterocycles. The largest absolute Gasteiger partial charge is 0.305 e. The van der Waals surface area contributed by atoms with E-state index in [1.807, 2.05) is 0 Å². The van der Waals surface area contributed by atoms with E-state index in [0.29, 0.717) is 12.6 Å². The highest BCUT2D eigenvalue weighted by Gasteiger charge is 2.38. The Kier molecular flexibility index (Phi) is 3.76. The maximum absolute atomic E-state index is 13.2. The standard InChI is InChI=1S/C18H19ClFN/c1-18(2)10-13-5-3-4-6-14(13)17(18)21-11-12-7-8-16(20)15(19)9-12/h3-9,17,21H,10-11H2,1-2H3. The molecule has 0 saturated heterocycles. The zero-order valence-electron chi connectivity index (χ0n) is 12.3. The van der Waals surface area contributed by atoms with Gasteiger partial charge in [0.1, 0.15) is 5.82 Å². The van der Waals surface area contributed by atoms with Crippen molar-refractivity contribution in [3.63, 3.8) is 0 Å². The van der Waals surface area contributed by atoms with Gasteiger partial charge < -0.3 is 5.32 Å². The molecule has 3 heteroatoms. The van der Waals surface area contributed by atoms with E-state index in [9.17, 15) is 4.39 Å². The van der Waals surface area contributed by atoms with Crippen LogP contribution in [0.1, 0.15) is 36.6 Å². The van der Waals surface area contributed by atoms with Gasteiger partial charge in [-0.25, -0.2) is 4.39 Å². The Morgan fingerprint density at radius 3 is 2.76 bits per heavy atom. The van der Waals surface area contributed by atoms with Crippen LogP contribution in [0.25, 0.3) is 0 Å². The second kappa shape index (κ2) is 5.43. The quantitative estimate of drug-likeness (QED) is 0.851. The van der Waals surface area contributed by atoms with Gasteiger partial charge in [-0.15, -0.1) is 0 Å². The molecule has 1 aliphatic rings. The first kappa shape index (κ1) is 14.6. The van der Waals surface area contributed by atoms with Gasteiger partial charge in [0.25, 0.3) is 0 Å². The number of hydrogen-bond acceptors (Lipinski definition) is 1. The Labute approximate surface area is 130 Å².